The molecule has 0 aliphatic rings. The molecule has 134 valence electrons. The SMILES string of the molecule is C[C@H](Sc1ccc(S(=O)(=O)N(C)C)cn1)C(=O)Nc1ccccc1Cl. The summed E-state index contributed by atoms with van der Waals surface area (Å²) in [7, 11) is -0.601. The molecule has 1 aromatic heterocycles. The summed E-state index contributed by atoms with van der Waals surface area (Å²) in [5.41, 5.74) is 0.544. The number of hydrogen-bond donors (Lipinski definition) is 1. The maximum absolute atomic E-state index is 12.3. The fourth-order valence-corrected chi connectivity index (χ4v) is 3.65. The number of aromatic nitrogens is 1. The van der Waals surface area contributed by atoms with E-state index in [1.54, 1.807) is 37.3 Å². The molecule has 0 unspecified atom stereocenters. The molecule has 0 fully saturated rings. The number of amides is 1. The molecule has 2 rings (SSSR count). The Kier molecular flexibility index (Phi) is 6.45. The molecule has 1 heterocycles. The second-order valence-electron chi connectivity index (χ2n) is 5.35. The molecule has 0 aliphatic heterocycles. The first kappa shape index (κ1) is 19.7. The van der Waals surface area contributed by atoms with Crippen molar-refractivity contribution in [1.82, 2.24) is 9.29 Å². The molecule has 9 heteroatoms. The van der Waals surface area contributed by atoms with Crippen molar-refractivity contribution >= 4 is 45.0 Å². The third kappa shape index (κ3) is 4.94. The lowest BCUT2D eigenvalue weighted by molar-refractivity contribution is -0.115. The molecule has 6 nitrogen and oxygen atoms in total. The maximum Gasteiger partial charge on any atom is 0.244 e. The van der Waals surface area contributed by atoms with Crippen molar-refractivity contribution in [1.29, 1.82) is 0 Å². The number of carbonyl (C=O) groups excluding carboxylic acids is 1. The molecule has 0 bridgehead atoms. The van der Waals surface area contributed by atoms with Crippen LogP contribution < -0.4 is 5.32 Å². The van der Waals surface area contributed by atoms with Gasteiger partial charge in [0, 0.05) is 20.3 Å². The molecule has 1 N–H and O–H groups in total. The number of para-hydroxylation sites is 1. The molecule has 25 heavy (non-hydrogen) atoms. The van der Waals surface area contributed by atoms with Gasteiger partial charge in [0.25, 0.3) is 0 Å². The van der Waals surface area contributed by atoms with Gasteiger partial charge in [-0.1, -0.05) is 35.5 Å². The molecule has 0 saturated heterocycles. The summed E-state index contributed by atoms with van der Waals surface area (Å²) in [4.78, 5) is 16.5. The predicted octanol–water partition coefficient (Wildman–Crippen LogP) is 3.10. The summed E-state index contributed by atoms with van der Waals surface area (Å²) >= 11 is 7.25. The average molecular weight is 400 g/mol. The van der Waals surface area contributed by atoms with Gasteiger partial charge >= 0.3 is 0 Å². The van der Waals surface area contributed by atoms with Gasteiger partial charge in [0.2, 0.25) is 15.9 Å². The number of nitrogens with one attached hydrogen (secondary N) is 1. The lowest BCUT2D eigenvalue weighted by atomic mass is 10.3. The van der Waals surface area contributed by atoms with E-state index in [0.717, 1.165) is 4.31 Å². The normalized spacial score (nSPS) is 12.8. The minimum atomic E-state index is -3.52. The minimum absolute atomic E-state index is 0.107. The van der Waals surface area contributed by atoms with Crippen molar-refractivity contribution in [3.63, 3.8) is 0 Å². The van der Waals surface area contributed by atoms with Crippen LogP contribution in [0.1, 0.15) is 6.92 Å². The third-order valence-electron chi connectivity index (χ3n) is 3.29. The van der Waals surface area contributed by atoms with Crippen LogP contribution in [-0.4, -0.2) is 43.0 Å². The highest BCUT2D eigenvalue weighted by Crippen LogP contribution is 2.25. The van der Waals surface area contributed by atoms with Gasteiger partial charge in [-0.15, -0.1) is 0 Å². The first-order chi connectivity index (χ1) is 11.7. The van der Waals surface area contributed by atoms with Crippen LogP contribution in [0.5, 0.6) is 0 Å². The van der Waals surface area contributed by atoms with E-state index in [4.69, 9.17) is 11.6 Å². The minimum Gasteiger partial charge on any atom is -0.324 e. The number of halogens is 1. The first-order valence-corrected chi connectivity index (χ1v) is 10.0. The molecule has 1 amide bonds. The first-order valence-electron chi connectivity index (χ1n) is 7.32. The van der Waals surface area contributed by atoms with Gasteiger partial charge < -0.3 is 5.32 Å². The van der Waals surface area contributed by atoms with Gasteiger partial charge in [0.15, 0.2) is 0 Å². The predicted molar refractivity (Wildman–Crippen MR) is 101 cm³/mol. The van der Waals surface area contributed by atoms with Crippen molar-refractivity contribution < 1.29 is 13.2 Å². The van der Waals surface area contributed by atoms with Gasteiger partial charge in [-0.25, -0.2) is 17.7 Å². The monoisotopic (exact) mass is 399 g/mol. The van der Waals surface area contributed by atoms with Crippen LogP contribution >= 0.6 is 23.4 Å². The van der Waals surface area contributed by atoms with Crippen LogP contribution in [0.15, 0.2) is 52.5 Å². The standard InChI is InChI=1S/C16H18ClN3O3S2/c1-11(16(21)19-14-7-5-4-6-13(14)17)24-15-9-8-12(10-18-15)25(22,23)20(2)3/h4-11H,1-3H3,(H,19,21)/t11-/m0/s1. The summed E-state index contributed by atoms with van der Waals surface area (Å²) in [5, 5.41) is 3.35. The molecular formula is C16H18ClN3O3S2. The second-order valence-corrected chi connectivity index (χ2v) is 9.27. The van der Waals surface area contributed by atoms with Crippen molar-refractivity contribution in [2.24, 2.45) is 0 Å². The van der Waals surface area contributed by atoms with Crippen molar-refractivity contribution in [2.45, 2.75) is 22.1 Å². The van der Waals surface area contributed by atoms with Gasteiger partial charge in [0.05, 0.1) is 21.0 Å². The Bertz CT molecular complexity index is 855. The van der Waals surface area contributed by atoms with Crippen LogP contribution in [0, 0.1) is 0 Å². The smallest absolute Gasteiger partial charge is 0.244 e. The summed E-state index contributed by atoms with van der Waals surface area (Å²) < 4.78 is 25.1. The number of anilines is 1. The second kappa shape index (κ2) is 8.18. The molecule has 1 aromatic carbocycles. The highest BCUT2D eigenvalue weighted by atomic mass is 35.5. The number of hydrogen-bond acceptors (Lipinski definition) is 5. The molecule has 0 spiro atoms. The number of benzene rings is 1. The largest absolute Gasteiger partial charge is 0.324 e. The van der Waals surface area contributed by atoms with E-state index in [-0.39, 0.29) is 10.8 Å². The Hall–Kier alpha value is -1.61. The zero-order valence-electron chi connectivity index (χ0n) is 13.9. The van der Waals surface area contributed by atoms with E-state index in [0.29, 0.717) is 15.7 Å². The van der Waals surface area contributed by atoms with Crippen molar-refractivity contribution in [3.8, 4) is 0 Å². The Morgan fingerprint density at radius 2 is 1.92 bits per heavy atom. The van der Waals surface area contributed by atoms with Crippen LogP contribution in [0.25, 0.3) is 0 Å². The van der Waals surface area contributed by atoms with Crippen molar-refractivity contribution in [3.05, 3.63) is 47.6 Å². The highest BCUT2D eigenvalue weighted by Gasteiger charge is 2.19. The Morgan fingerprint density at radius 3 is 2.48 bits per heavy atom. The van der Waals surface area contributed by atoms with E-state index >= 15 is 0 Å². The van der Waals surface area contributed by atoms with E-state index in [1.807, 2.05) is 0 Å². The molecule has 0 radical (unpaired) electrons. The lowest BCUT2D eigenvalue weighted by Gasteiger charge is -2.13. The van der Waals surface area contributed by atoms with E-state index < -0.39 is 15.3 Å². The van der Waals surface area contributed by atoms with E-state index in [2.05, 4.69) is 10.3 Å². The Labute approximate surface area is 156 Å². The fraction of sp³-hybridized carbons (Fsp3) is 0.250. The van der Waals surface area contributed by atoms with E-state index in [9.17, 15) is 13.2 Å². The zero-order chi connectivity index (χ0) is 18.6. The number of carbonyl (C=O) groups is 1. The highest BCUT2D eigenvalue weighted by molar-refractivity contribution is 8.00. The third-order valence-corrected chi connectivity index (χ3v) is 6.47. The average Bonchev–Trinajstić information content (AvgIpc) is 2.57. The van der Waals surface area contributed by atoms with Crippen molar-refractivity contribution in [2.75, 3.05) is 19.4 Å². The Balaban J connectivity index is 2.04. The molecule has 1 atom stereocenters. The summed E-state index contributed by atoms with van der Waals surface area (Å²) in [6, 6.07) is 10.0. The number of nitrogens with zero attached hydrogens (tertiary/aromatic N) is 2. The summed E-state index contributed by atoms with van der Waals surface area (Å²) in [6.07, 6.45) is 1.29. The topological polar surface area (TPSA) is 79.4 Å². The maximum atomic E-state index is 12.3. The zero-order valence-corrected chi connectivity index (χ0v) is 16.3. The number of pyridine rings is 1. The summed E-state index contributed by atoms with van der Waals surface area (Å²) in [5.74, 6) is -0.218. The fourth-order valence-electron chi connectivity index (χ4n) is 1.83. The van der Waals surface area contributed by atoms with Crippen LogP contribution in [0.3, 0.4) is 0 Å². The number of rotatable bonds is 6. The Morgan fingerprint density at radius 1 is 1.24 bits per heavy atom. The molecule has 2 aromatic rings. The van der Waals surface area contributed by atoms with Crippen LogP contribution in [0.4, 0.5) is 5.69 Å². The van der Waals surface area contributed by atoms with Gasteiger partial charge in [-0.05, 0) is 31.2 Å². The molecule has 0 aliphatic carbocycles. The van der Waals surface area contributed by atoms with Gasteiger partial charge in [-0.2, -0.15) is 0 Å². The van der Waals surface area contributed by atoms with Crippen LogP contribution in [0.2, 0.25) is 5.02 Å². The number of sulfonamides is 1. The summed E-state index contributed by atoms with van der Waals surface area (Å²) in [6.45, 7) is 1.74. The lowest BCUT2D eigenvalue weighted by Crippen LogP contribution is -2.23. The van der Waals surface area contributed by atoms with Gasteiger partial charge in [0.1, 0.15) is 4.90 Å². The number of thioether (sulfide) groups is 1. The van der Waals surface area contributed by atoms with Crippen LogP contribution in [-0.2, 0) is 14.8 Å². The van der Waals surface area contributed by atoms with E-state index in [1.165, 1.54) is 38.1 Å². The molecular weight excluding hydrogens is 382 g/mol. The van der Waals surface area contributed by atoms with Gasteiger partial charge in [-0.3, -0.25) is 4.79 Å². The molecule has 0 saturated carbocycles. The quantitative estimate of drug-likeness (QED) is 0.755.